The quantitative estimate of drug-likeness (QED) is 0.128. The predicted octanol–water partition coefficient (Wildman–Crippen LogP) is 15.9. The molecule has 0 N–H and O–H groups in total. The van der Waals surface area contributed by atoms with E-state index in [1.54, 1.807) is 0 Å². The van der Waals surface area contributed by atoms with Gasteiger partial charge in [0.15, 0.2) is 0 Å². The fourth-order valence-corrected chi connectivity index (χ4v) is 12.2. The van der Waals surface area contributed by atoms with Gasteiger partial charge in [-0.15, -0.1) is 70.8 Å². The van der Waals surface area contributed by atoms with Crippen molar-refractivity contribution in [3.8, 4) is 44.5 Å². The molecule has 4 aromatic heterocycles. The van der Waals surface area contributed by atoms with E-state index < -0.39 is 10.8 Å². The smallest absolute Gasteiger partial charge is 0.260 e. The van der Waals surface area contributed by atoms with Crippen molar-refractivity contribution in [3.63, 3.8) is 0 Å². The molecule has 5 heteroatoms. The van der Waals surface area contributed by atoms with E-state index in [0.717, 1.165) is 101 Å². The van der Waals surface area contributed by atoms with Crippen molar-refractivity contribution in [1.29, 1.82) is 0 Å². The Morgan fingerprint density at radius 1 is 0.286 bits per heavy atom. The third kappa shape index (κ3) is 7.70. The average Bonchev–Trinajstić information content (AvgIpc) is 4.23. The molecule has 0 radical (unpaired) electrons. The van der Waals surface area contributed by atoms with Crippen molar-refractivity contribution in [2.45, 2.75) is 10.8 Å². The molecular formula is C72H46N4Pt. The summed E-state index contributed by atoms with van der Waals surface area (Å²) in [6, 6.07) is 98.5. The molecule has 0 amide bonds. The van der Waals surface area contributed by atoms with Crippen LogP contribution in [0.2, 0.25) is 0 Å². The zero-order valence-electron chi connectivity index (χ0n) is 41.7. The minimum atomic E-state index is -0.799. The van der Waals surface area contributed by atoms with Crippen LogP contribution in [0.15, 0.2) is 280 Å². The second kappa shape index (κ2) is 19.8. The summed E-state index contributed by atoms with van der Waals surface area (Å²) in [5.41, 5.74) is 20.8. The first kappa shape index (κ1) is 47.5. The number of nitrogens with zero attached hydrogens (tertiary/aromatic N) is 4. The third-order valence-electron chi connectivity index (χ3n) is 15.4. The van der Waals surface area contributed by atoms with Gasteiger partial charge in [-0.25, -0.2) is 0 Å². The summed E-state index contributed by atoms with van der Waals surface area (Å²) in [4.78, 5) is 21.2. The van der Waals surface area contributed by atoms with Crippen molar-refractivity contribution in [1.82, 2.24) is 19.9 Å². The molecule has 0 fully saturated rings. The van der Waals surface area contributed by atoms with Gasteiger partial charge in [-0.2, -0.15) is 0 Å². The van der Waals surface area contributed by atoms with E-state index in [2.05, 4.69) is 243 Å². The van der Waals surface area contributed by atoms with E-state index in [0.29, 0.717) is 0 Å². The van der Waals surface area contributed by atoms with Gasteiger partial charge in [-0.3, -0.25) is 19.9 Å². The minimum absolute atomic E-state index is 0. The second-order valence-corrected chi connectivity index (χ2v) is 19.4. The van der Waals surface area contributed by atoms with Crippen LogP contribution >= 0.6 is 0 Å². The number of aromatic nitrogens is 4. The van der Waals surface area contributed by atoms with E-state index in [1.807, 2.05) is 49.1 Å². The van der Waals surface area contributed by atoms with E-state index >= 15 is 0 Å². The van der Waals surface area contributed by atoms with Crippen LogP contribution in [0, 0.1) is 12.1 Å². The molecule has 4 nitrogen and oxygen atoms in total. The van der Waals surface area contributed by atoms with Gasteiger partial charge in [0.05, 0.1) is 33.6 Å². The van der Waals surface area contributed by atoms with Gasteiger partial charge >= 0.3 is 21.1 Å². The Labute approximate surface area is 463 Å². The first-order valence-electron chi connectivity index (χ1n) is 25.8. The first-order chi connectivity index (χ1) is 37.7. The minimum Gasteiger partial charge on any atom is -0.260 e. The molecular weight excluding hydrogens is 1120 g/mol. The second-order valence-electron chi connectivity index (χ2n) is 19.4. The van der Waals surface area contributed by atoms with Crippen LogP contribution in [-0.4, -0.2) is 19.9 Å². The maximum absolute atomic E-state index is 5.38. The number of hydrogen-bond acceptors (Lipinski definition) is 4. The number of fused-ring (bicyclic) bond motifs is 6. The molecule has 8 aromatic carbocycles. The molecule has 0 bridgehead atoms. The van der Waals surface area contributed by atoms with Gasteiger partial charge in [0.2, 0.25) is 0 Å². The molecule has 77 heavy (non-hydrogen) atoms. The number of rotatable bonds is 10. The van der Waals surface area contributed by atoms with Crippen LogP contribution < -0.4 is 0 Å². The van der Waals surface area contributed by atoms with Crippen LogP contribution in [-0.2, 0) is 31.9 Å². The van der Waals surface area contributed by atoms with Gasteiger partial charge < -0.3 is 0 Å². The van der Waals surface area contributed by atoms with E-state index in [9.17, 15) is 0 Å². The Balaban J connectivity index is 0.00000566. The molecule has 4 heterocycles. The molecule has 2 aliphatic carbocycles. The van der Waals surface area contributed by atoms with Crippen molar-refractivity contribution in [3.05, 3.63) is 359 Å². The Bertz CT molecular complexity index is 3780. The molecule has 0 saturated carbocycles. The molecule has 0 aliphatic heterocycles. The molecule has 14 rings (SSSR count). The van der Waals surface area contributed by atoms with Gasteiger partial charge in [-0.05, 0) is 97.6 Å². The molecule has 0 spiro atoms. The van der Waals surface area contributed by atoms with Gasteiger partial charge in [-0.1, -0.05) is 188 Å². The summed E-state index contributed by atoms with van der Waals surface area (Å²) in [5, 5.41) is 0. The van der Waals surface area contributed by atoms with Crippen LogP contribution in [0.1, 0.15) is 67.3 Å². The normalized spacial score (nSPS) is 13.0. The van der Waals surface area contributed by atoms with Crippen LogP contribution in [0.3, 0.4) is 0 Å². The summed E-state index contributed by atoms with van der Waals surface area (Å²) in [7, 11) is 0. The van der Waals surface area contributed by atoms with E-state index in [4.69, 9.17) is 19.9 Å². The van der Waals surface area contributed by atoms with Crippen molar-refractivity contribution in [2.75, 3.05) is 0 Å². The average molecular weight is 1160 g/mol. The van der Waals surface area contributed by atoms with Crippen molar-refractivity contribution >= 4 is 11.1 Å². The van der Waals surface area contributed by atoms with Crippen LogP contribution in [0.4, 0.5) is 0 Å². The molecule has 364 valence electrons. The van der Waals surface area contributed by atoms with E-state index in [-0.39, 0.29) is 21.1 Å². The molecule has 2 aliphatic rings. The van der Waals surface area contributed by atoms with E-state index in [1.165, 1.54) is 22.3 Å². The largest absolute Gasteiger partial charge is 2.00 e. The predicted molar refractivity (Wildman–Crippen MR) is 305 cm³/mol. The summed E-state index contributed by atoms with van der Waals surface area (Å²) < 4.78 is 0. The van der Waals surface area contributed by atoms with Gasteiger partial charge in [0.25, 0.3) is 0 Å². The fourth-order valence-electron chi connectivity index (χ4n) is 12.2. The summed E-state index contributed by atoms with van der Waals surface area (Å²) in [6.45, 7) is 0. The molecule has 0 unspecified atom stereocenters. The number of hydrogen-bond donors (Lipinski definition) is 0. The molecule has 0 saturated heterocycles. The first-order valence-corrected chi connectivity index (χ1v) is 25.8. The van der Waals surface area contributed by atoms with Crippen LogP contribution in [0.25, 0.3) is 55.7 Å². The molecule has 12 aromatic rings. The maximum atomic E-state index is 5.38. The van der Waals surface area contributed by atoms with Gasteiger partial charge in [0.1, 0.15) is 0 Å². The zero-order valence-corrected chi connectivity index (χ0v) is 43.9. The molecule has 0 atom stereocenters. The van der Waals surface area contributed by atoms with Gasteiger partial charge in [0, 0.05) is 35.9 Å². The summed E-state index contributed by atoms with van der Waals surface area (Å²) in [5.74, 6) is 0. The maximum Gasteiger partial charge on any atom is 2.00 e. The monoisotopic (exact) mass is 1160 g/mol. The SMILES string of the molecule is [Pt+2].[c-]1c(C(=C(c2ccc(-c3ccccc3)cn2)c2ccc(-c3ccccc3)cn2)c2[c-]c(C3(c4ccccn4)c4ccccc4-c4ccccc43)ccc2)cccc1C1(c2ccccn2)c2ccccc2-c2ccccc21. The Kier molecular flexibility index (Phi) is 12.2. The number of pyridine rings is 4. The van der Waals surface area contributed by atoms with Crippen molar-refractivity contribution in [2.24, 2.45) is 0 Å². The van der Waals surface area contributed by atoms with Crippen molar-refractivity contribution < 1.29 is 21.1 Å². The number of benzene rings is 8. The topological polar surface area (TPSA) is 51.6 Å². The Morgan fingerprint density at radius 2 is 0.649 bits per heavy atom. The summed E-state index contributed by atoms with van der Waals surface area (Å²) in [6.07, 6.45) is 7.76. The zero-order chi connectivity index (χ0) is 50.5. The fraction of sp³-hybridized carbons (Fsp3) is 0.0278. The summed E-state index contributed by atoms with van der Waals surface area (Å²) >= 11 is 0. The van der Waals surface area contributed by atoms with Crippen LogP contribution in [0.5, 0.6) is 0 Å². The third-order valence-corrected chi connectivity index (χ3v) is 15.4. The standard InChI is InChI=1S/C72H46N4.Pt/c1-3-21-49(22-4-1)53-39-41-65(75-47-53)70(66-42-40-54(48-76-66)50-23-5-2-6-24-50)69(51-25-19-27-55(45-51)71(67-37-15-17-43-73-67)61-33-11-7-29-57(61)58-30-8-12-34-62(58)71)52-26-20-28-56(46-52)72(68-38-16-18-44-74-68)63-35-13-9-31-59(63)60-32-10-14-36-64(60)72;/h1-44,47-48H;/q-2;+2. The Hall–Kier alpha value is -9.21. The Morgan fingerprint density at radius 3 is 1.00 bits per heavy atom.